The predicted molar refractivity (Wildman–Crippen MR) is 131 cm³/mol. The number of nitrogens with zero attached hydrogens (tertiary/aromatic N) is 2. The third-order valence-corrected chi connectivity index (χ3v) is 5.26. The number of nitrogens with one attached hydrogen (secondary N) is 1. The molecule has 0 saturated carbocycles. The van der Waals surface area contributed by atoms with E-state index in [0.29, 0.717) is 12.4 Å². The van der Waals surface area contributed by atoms with Crippen molar-refractivity contribution in [3.63, 3.8) is 0 Å². The highest BCUT2D eigenvalue weighted by Crippen LogP contribution is 2.30. The Kier molecular flexibility index (Phi) is 6.85. The first-order chi connectivity index (χ1) is 15.7. The first-order valence-corrected chi connectivity index (χ1v) is 11.2. The van der Waals surface area contributed by atoms with Crippen LogP contribution in [0.3, 0.4) is 0 Å². The molecule has 0 aromatic heterocycles. The Bertz CT molecular complexity index is 1120. The first kappa shape index (κ1) is 21.6. The Hall–Kier alpha value is -3.60. The monoisotopic (exact) mass is 427 g/mol. The summed E-state index contributed by atoms with van der Waals surface area (Å²) >= 11 is 0. The first-order valence-electron chi connectivity index (χ1n) is 11.2. The molecule has 1 N–H and O–H groups in total. The Morgan fingerprint density at radius 3 is 2.25 bits per heavy atom. The number of unbranched alkanes of at least 4 members (excludes halogenated alkanes) is 1. The lowest BCUT2D eigenvalue weighted by Crippen LogP contribution is -2.19. The number of aliphatic imine (C=N–C) groups is 1. The van der Waals surface area contributed by atoms with E-state index >= 15 is 0 Å². The Morgan fingerprint density at radius 2 is 1.53 bits per heavy atom. The zero-order valence-electron chi connectivity index (χ0n) is 18.9. The van der Waals surface area contributed by atoms with Gasteiger partial charge < -0.3 is 9.47 Å². The fourth-order valence-corrected chi connectivity index (χ4v) is 3.48. The van der Waals surface area contributed by atoms with Gasteiger partial charge >= 0.3 is 0 Å². The lowest BCUT2D eigenvalue weighted by Gasteiger charge is -2.11. The normalized spacial score (nSPS) is 12.7. The molecule has 4 rings (SSSR count). The molecule has 0 atom stereocenters. The molecule has 1 heterocycles. The summed E-state index contributed by atoms with van der Waals surface area (Å²) in [6.45, 7) is 7.54. The van der Waals surface area contributed by atoms with Crippen molar-refractivity contribution in [2.75, 3.05) is 13.2 Å². The molecule has 0 radical (unpaired) electrons. The van der Waals surface area contributed by atoms with Crippen LogP contribution >= 0.6 is 0 Å². The van der Waals surface area contributed by atoms with Crippen molar-refractivity contribution in [1.29, 1.82) is 0 Å². The van der Waals surface area contributed by atoms with Crippen molar-refractivity contribution in [3.05, 3.63) is 89.0 Å². The Balaban J connectivity index is 1.71. The van der Waals surface area contributed by atoms with Gasteiger partial charge in [0.1, 0.15) is 17.2 Å². The number of fused-ring (bicyclic) bond motifs is 1. The van der Waals surface area contributed by atoms with Crippen LogP contribution in [0.1, 0.15) is 48.9 Å². The van der Waals surface area contributed by atoms with E-state index in [1.807, 2.05) is 49.4 Å². The Morgan fingerprint density at radius 1 is 0.812 bits per heavy atom. The van der Waals surface area contributed by atoms with Crippen LogP contribution < -0.4 is 14.9 Å². The predicted octanol–water partition coefficient (Wildman–Crippen LogP) is 6.01. The molecule has 32 heavy (non-hydrogen) atoms. The summed E-state index contributed by atoms with van der Waals surface area (Å²) < 4.78 is 11.6. The summed E-state index contributed by atoms with van der Waals surface area (Å²) in [6.07, 6.45) is 2.16. The van der Waals surface area contributed by atoms with Gasteiger partial charge in [-0.1, -0.05) is 43.2 Å². The lowest BCUT2D eigenvalue weighted by molar-refractivity contribution is 0.309. The molecule has 1 aliphatic rings. The van der Waals surface area contributed by atoms with Gasteiger partial charge in [0.25, 0.3) is 0 Å². The number of rotatable bonds is 8. The minimum absolute atomic E-state index is 0.602. The maximum absolute atomic E-state index is 5.82. The summed E-state index contributed by atoms with van der Waals surface area (Å²) in [5.41, 5.74) is 8.94. The van der Waals surface area contributed by atoms with Crippen LogP contribution in [0.2, 0.25) is 0 Å². The van der Waals surface area contributed by atoms with Gasteiger partial charge in [-0.15, -0.1) is 0 Å². The van der Waals surface area contributed by atoms with Crippen LogP contribution in [-0.2, 0) is 0 Å². The lowest BCUT2D eigenvalue weighted by atomic mass is 10.0. The van der Waals surface area contributed by atoms with Crippen LogP contribution in [0.15, 0.2) is 76.8 Å². The van der Waals surface area contributed by atoms with E-state index in [9.17, 15) is 0 Å². The molecule has 0 fully saturated rings. The van der Waals surface area contributed by atoms with E-state index in [1.165, 1.54) is 5.56 Å². The highest BCUT2D eigenvalue weighted by atomic mass is 16.5. The quantitative estimate of drug-likeness (QED) is 0.448. The van der Waals surface area contributed by atoms with Crippen molar-refractivity contribution in [1.82, 2.24) is 5.43 Å². The zero-order chi connectivity index (χ0) is 22.3. The largest absolute Gasteiger partial charge is 0.494 e. The van der Waals surface area contributed by atoms with Crippen LogP contribution in [0.5, 0.6) is 11.5 Å². The van der Waals surface area contributed by atoms with Gasteiger partial charge in [-0.05, 0) is 62.7 Å². The fourth-order valence-electron chi connectivity index (χ4n) is 3.48. The third-order valence-electron chi connectivity index (χ3n) is 5.26. The van der Waals surface area contributed by atoms with Crippen molar-refractivity contribution in [3.8, 4) is 11.5 Å². The average Bonchev–Trinajstić information content (AvgIpc) is 3.00. The maximum atomic E-state index is 5.82. The molecule has 5 heteroatoms. The fraction of sp³-hybridized carbons (Fsp3) is 0.259. The van der Waals surface area contributed by atoms with Crippen LogP contribution in [0.4, 0.5) is 5.69 Å². The molecule has 0 amide bonds. The topological polar surface area (TPSA) is 55.2 Å². The number of benzene rings is 3. The number of hydrogen-bond donors (Lipinski definition) is 1. The van der Waals surface area contributed by atoms with E-state index in [-0.39, 0.29) is 0 Å². The second-order valence-electron chi connectivity index (χ2n) is 7.74. The third kappa shape index (κ3) is 4.99. The van der Waals surface area contributed by atoms with Crippen LogP contribution in [0, 0.1) is 6.92 Å². The molecule has 3 aromatic carbocycles. The summed E-state index contributed by atoms with van der Waals surface area (Å²) in [6, 6.07) is 22.3. The van der Waals surface area contributed by atoms with Gasteiger partial charge in [0.05, 0.1) is 18.9 Å². The highest BCUT2D eigenvalue weighted by molar-refractivity contribution is 6.18. The number of aryl methyl sites for hydroxylation is 1. The minimum atomic E-state index is 0.602. The summed E-state index contributed by atoms with van der Waals surface area (Å²) in [5, 5.41) is 4.76. The molecule has 164 valence electrons. The van der Waals surface area contributed by atoms with E-state index in [4.69, 9.17) is 19.6 Å². The van der Waals surface area contributed by atoms with E-state index < -0.39 is 0 Å². The molecular weight excluding hydrogens is 398 g/mol. The van der Waals surface area contributed by atoms with Crippen molar-refractivity contribution < 1.29 is 9.47 Å². The molecule has 0 saturated heterocycles. The molecular formula is C27H29N3O2. The zero-order valence-corrected chi connectivity index (χ0v) is 18.9. The van der Waals surface area contributed by atoms with Crippen molar-refractivity contribution in [2.24, 2.45) is 10.1 Å². The molecule has 3 aromatic rings. The SMILES string of the molecule is CCCCOc1ccc(C2=NNC(c3ccc(C)cc3)=Nc3ccc(OCC)cc32)cc1. The molecule has 5 nitrogen and oxygen atoms in total. The van der Waals surface area contributed by atoms with E-state index in [0.717, 1.165) is 59.0 Å². The second kappa shape index (κ2) is 10.1. The smallest absolute Gasteiger partial charge is 0.154 e. The maximum Gasteiger partial charge on any atom is 0.154 e. The number of hydrogen-bond acceptors (Lipinski definition) is 5. The van der Waals surface area contributed by atoms with Gasteiger partial charge in [0.15, 0.2) is 5.84 Å². The molecule has 0 bridgehead atoms. The van der Waals surface area contributed by atoms with Crippen LogP contribution in [0.25, 0.3) is 0 Å². The minimum Gasteiger partial charge on any atom is -0.494 e. The summed E-state index contributed by atoms with van der Waals surface area (Å²) in [7, 11) is 0. The molecule has 1 aliphatic heterocycles. The van der Waals surface area contributed by atoms with E-state index in [2.05, 4.69) is 43.5 Å². The summed E-state index contributed by atoms with van der Waals surface area (Å²) in [4.78, 5) is 4.89. The second-order valence-corrected chi connectivity index (χ2v) is 7.74. The highest BCUT2D eigenvalue weighted by Gasteiger charge is 2.18. The molecule has 0 unspecified atom stereocenters. The van der Waals surface area contributed by atoms with Gasteiger partial charge in [0.2, 0.25) is 0 Å². The van der Waals surface area contributed by atoms with Gasteiger partial charge in [0, 0.05) is 16.7 Å². The van der Waals surface area contributed by atoms with Gasteiger partial charge in [-0.2, -0.15) is 5.10 Å². The van der Waals surface area contributed by atoms with Gasteiger partial charge in [-0.3, -0.25) is 5.43 Å². The Labute approximate surface area is 189 Å². The average molecular weight is 428 g/mol. The van der Waals surface area contributed by atoms with Crippen molar-refractivity contribution >= 4 is 17.2 Å². The standard InChI is InChI=1S/C27H29N3O2/c1-4-6-17-32-22-13-11-20(12-14-22)26-24-18-23(31-5-2)15-16-25(24)28-27(30-29-26)21-9-7-19(3)8-10-21/h7-16,18H,4-6,17H2,1-3H3,(H,28,30). The number of hydrazone groups is 1. The summed E-state index contributed by atoms with van der Waals surface area (Å²) in [5.74, 6) is 2.38. The van der Waals surface area contributed by atoms with Crippen LogP contribution in [-0.4, -0.2) is 24.8 Å². The van der Waals surface area contributed by atoms with E-state index in [1.54, 1.807) is 0 Å². The van der Waals surface area contributed by atoms with Crippen molar-refractivity contribution in [2.45, 2.75) is 33.6 Å². The van der Waals surface area contributed by atoms with Gasteiger partial charge in [-0.25, -0.2) is 4.99 Å². The molecule has 0 aliphatic carbocycles. The molecule has 0 spiro atoms. The number of amidine groups is 1. The number of ether oxygens (including phenoxy) is 2.